The van der Waals surface area contributed by atoms with Crippen LogP contribution in [0.15, 0.2) is 53.4 Å². The lowest BCUT2D eigenvalue weighted by molar-refractivity contribution is 0.601. The Balaban J connectivity index is 2.22. The van der Waals surface area contributed by atoms with Crippen molar-refractivity contribution in [2.75, 3.05) is 11.3 Å². The van der Waals surface area contributed by atoms with E-state index in [1.54, 1.807) is 36.4 Å². The van der Waals surface area contributed by atoms with Crippen LogP contribution in [-0.2, 0) is 16.6 Å². The molecule has 112 valence electrons. The number of anilines is 1. The van der Waals surface area contributed by atoms with Gasteiger partial charge in [0.2, 0.25) is 0 Å². The lowest BCUT2D eigenvalue weighted by Crippen LogP contribution is -2.14. The summed E-state index contributed by atoms with van der Waals surface area (Å²) in [5.41, 5.74) is 1.39. The second kappa shape index (κ2) is 6.93. The van der Waals surface area contributed by atoms with Gasteiger partial charge >= 0.3 is 0 Å². The predicted molar refractivity (Wildman–Crippen MR) is 86.1 cm³/mol. The molecule has 0 saturated carbocycles. The SMILES string of the molecule is CCNCc1ccc(S(=O)(=O)Nc2ccccc2)cc1Cl. The molecular formula is C15H17ClN2O2S. The Bertz CT molecular complexity index is 703. The van der Waals surface area contributed by atoms with Crippen LogP contribution < -0.4 is 10.0 Å². The Hall–Kier alpha value is -1.56. The fraction of sp³-hybridized carbons (Fsp3) is 0.200. The van der Waals surface area contributed by atoms with E-state index in [1.807, 2.05) is 13.0 Å². The van der Waals surface area contributed by atoms with Crippen molar-refractivity contribution in [3.8, 4) is 0 Å². The summed E-state index contributed by atoms with van der Waals surface area (Å²) in [7, 11) is -3.63. The van der Waals surface area contributed by atoms with E-state index < -0.39 is 10.0 Å². The third-order valence-corrected chi connectivity index (χ3v) is 4.66. The van der Waals surface area contributed by atoms with Gasteiger partial charge in [-0.1, -0.05) is 42.8 Å². The molecule has 0 aliphatic heterocycles. The zero-order chi connectivity index (χ0) is 15.3. The van der Waals surface area contributed by atoms with E-state index >= 15 is 0 Å². The molecule has 0 spiro atoms. The molecule has 4 nitrogen and oxygen atoms in total. The summed E-state index contributed by atoms with van der Waals surface area (Å²) in [6.07, 6.45) is 0. The summed E-state index contributed by atoms with van der Waals surface area (Å²) in [5.74, 6) is 0. The normalized spacial score (nSPS) is 11.3. The third kappa shape index (κ3) is 4.20. The van der Waals surface area contributed by atoms with Crippen LogP contribution in [0.1, 0.15) is 12.5 Å². The minimum Gasteiger partial charge on any atom is -0.313 e. The Labute approximate surface area is 130 Å². The molecular weight excluding hydrogens is 308 g/mol. The number of hydrogen-bond acceptors (Lipinski definition) is 3. The van der Waals surface area contributed by atoms with Gasteiger partial charge in [-0.3, -0.25) is 4.72 Å². The monoisotopic (exact) mass is 324 g/mol. The van der Waals surface area contributed by atoms with E-state index in [4.69, 9.17) is 11.6 Å². The lowest BCUT2D eigenvalue weighted by atomic mass is 10.2. The Morgan fingerprint density at radius 2 is 1.81 bits per heavy atom. The molecule has 0 atom stereocenters. The number of nitrogens with one attached hydrogen (secondary N) is 2. The molecule has 0 aromatic heterocycles. The predicted octanol–water partition coefficient (Wildman–Crippen LogP) is 3.25. The average molecular weight is 325 g/mol. The maximum absolute atomic E-state index is 12.3. The molecule has 0 amide bonds. The molecule has 0 saturated heterocycles. The van der Waals surface area contributed by atoms with Crippen LogP contribution in [-0.4, -0.2) is 15.0 Å². The van der Waals surface area contributed by atoms with E-state index in [9.17, 15) is 8.42 Å². The number of sulfonamides is 1. The summed E-state index contributed by atoms with van der Waals surface area (Å²) in [6.45, 7) is 3.43. The highest BCUT2D eigenvalue weighted by molar-refractivity contribution is 7.92. The van der Waals surface area contributed by atoms with Gasteiger partial charge in [0.1, 0.15) is 0 Å². The van der Waals surface area contributed by atoms with Crippen molar-refractivity contribution in [3.05, 3.63) is 59.1 Å². The zero-order valence-corrected chi connectivity index (χ0v) is 13.2. The Morgan fingerprint density at radius 3 is 2.43 bits per heavy atom. The van der Waals surface area contributed by atoms with Gasteiger partial charge in [0.15, 0.2) is 0 Å². The molecule has 0 aliphatic rings. The van der Waals surface area contributed by atoms with Gasteiger partial charge < -0.3 is 5.32 Å². The summed E-state index contributed by atoms with van der Waals surface area (Å²) in [5, 5.41) is 3.59. The van der Waals surface area contributed by atoms with Gasteiger partial charge in [-0.25, -0.2) is 8.42 Å². The van der Waals surface area contributed by atoms with E-state index in [0.717, 1.165) is 12.1 Å². The number of benzene rings is 2. The summed E-state index contributed by atoms with van der Waals surface area (Å²) in [4.78, 5) is 0.150. The maximum Gasteiger partial charge on any atom is 0.261 e. The third-order valence-electron chi connectivity index (χ3n) is 2.93. The minimum absolute atomic E-state index is 0.150. The van der Waals surface area contributed by atoms with Crippen molar-refractivity contribution in [1.82, 2.24) is 5.32 Å². The van der Waals surface area contributed by atoms with Gasteiger partial charge in [0, 0.05) is 17.3 Å². The van der Waals surface area contributed by atoms with Gasteiger partial charge in [0.05, 0.1) is 4.90 Å². The second-order valence-electron chi connectivity index (χ2n) is 4.51. The summed E-state index contributed by atoms with van der Waals surface area (Å²) < 4.78 is 27.1. The first-order valence-electron chi connectivity index (χ1n) is 6.60. The topological polar surface area (TPSA) is 58.2 Å². The summed E-state index contributed by atoms with van der Waals surface area (Å²) in [6, 6.07) is 13.5. The van der Waals surface area contributed by atoms with Gasteiger partial charge in [-0.15, -0.1) is 0 Å². The van der Waals surface area contributed by atoms with E-state index in [-0.39, 0.29) is 4.90 Å². The molecule has 0 unspecified atom stereocenters. The highest BCUT2D eigenvalue weighted by atomic mass is 35.5. The van der Waals surface area contributed by atoms with Crippen molar-refractivity contribution < 1.29 is 8.42 Å². The van der Waals surface area contributed by atoms with Crippen LogP contribution >= 0.6 is 11.6 Å². The van der Waals surface area contributed by atoms with Crippen molar-refractivity contribution in [2.24, 2.45) is 0 Å². The molecule has 0 bridgehead atoms. The van der Waals surface area contributed by atoms with Crippen molar-refractivity contribution in [3.63, 3.8) is 0 Å². The van der Waals surface area contributed by atoms with Crippen LogP contribution in [0.25, 0.3) is 0 Å². The molecule has 2 aromatic carbocycles. The molecule has 0 fully saturated rings. The molecule has 2 aromatic rings. The fourth-order valence-corrected chi connectivity index (χ4v) is 3.21. The number of para-hydroxylation sites is 1. The first-order chi connectivity index (χ1) is 10.0. The smallest absolute Gasteiger partial charge is 0.261 e. The molecule has 0 heterocycles. The molecule has 2 rings (SSSR count). The van der Waals surface area contributed by atoms with E-state index in [0.29, 0.717) is 17.3 Å². The van der Waals surface area contributed by atoms with E-state index in [2.05, 4.69) is 10.0 Å². The lowest BCUT2D eigenvalue weighted by Gasteiger charge is -2.10. The van der Waals surface area contributed by atoms with Crippen molar-refractivity contribution in [2.45, 2.75) is 18.4 Å². The largest absolute Gasteiger partial charge is 0.313 e. The molecule has 6 heteroatoms. The van der Waals surface area contributed by atoms with Gasteiger partial charge in [-0.05, 0) is 36.4 Å². The summed E-state index contributed by atoms with van der Waals surface area (Å²) >= 11 is 6.14. The van der Waals surface area contributed by atoms with Crippen LogP contribution in [0.3, 0.4) is 0 Å². The van der Waals surface area contributed by atoms with E-state index in [1.165, 1.54) is 6.07 Å². The highest BCUT2D eigenvalue weighted by Crippen LogP contribution is 2.22. The van der Waals surface area contributed by atoms with Crippen molar-refractivity contribution >= 4 is 27.3 Å². The molecule has 21 heavy (non-hydrogen) atoms. The molecule has 0 aliphatic carbocycles. The van der Waals surface area contributed by atoms with Crippen LogP contribution in [0, 0.1) is 0 Å². The van der Waals surface area contributed by atoms with Crippen molar-refractivity contribution in [1.29, 1.82) is 0 Å². The Morgan fingerprint density at radius 1 is 1.10 bits per heavy atom. The standard InChI is InChI=1S/C15H17ClN2O2S/c1-2-17-11-12-8-9-14(10-15(12)16)21(19,20)18-13-6-4-3-5-7-13/h3-10,17-18H,2,11H2,1H3. The van der Waals surface area contributed by atoms with Crippen LogP contribution in [0.2, 0.25) is 5.02 Å². The number of halogens is 1. The fourth-order valence-electron chi connectivity index (χ4n) is 1.82. The maximum atomic E-state index is 12.3. The van der Waals surface area contributed by atoms with Crippen LogP contribution in [0.4, 0.5) is 5.69 Å². The quantitative estimate of drug-likeness (QED) is 0.857. The first-order valence-corrected chi connectivity index (χ1v) is 8.46. The first kappa shape index (κ1) is 15.8. The van der Waals surface area contributed by atoms with Gasteiger partial charge in [0.25, 0.3) is 10.0 Å². The minimum atomic E-state index is -3.63. The van der Waals surface area contributed by atoms with Crippen LogP contribution in [0.5, 0.6) is 0 Å². The molecule has 0 radical (unpaired) electrons. The average Bonchev–Trinajstić information content (AvgIpc) is 2.46. The second-order valence-corrected chi connectivity index (χ2v) is 6.59. The Kier molecular flexibility index (Phi) is 5.22. The molecule has 2 N–H and O–H groups in total. The highest BCUT2D eigenvalue weighted by Gasteiger charge is 2.15. The number of rotatable bonds is 6. The zero-order valence-electron chi connectivity index (χ0n) is 11.6. The number of hydrogen-bond donors (Lipinski definition) is 2. The van der Waals surface area contributed by atoms with Gasteiger partial charge in [-0.2, -0.15) is 0 Å².